The SMILES string of the molecule is C[C@@H](O)c1nc2ccccc2n1Cc1nnc(C2CCC2)o1. The second-order valence-corrected chi connectivity index (χ2v) is 5.88. The molecule has 0 unspecified atom stereocenters. The molecule has 1 aromatic carbocycles. The molecule has 114 valence electrons. The standard InChI is InChI=1S/C16H18N4O2/c1-10(21)15-17-12-7-2-3-8-13(12)20(15)9-14-18-19-16(22-14)11-5-4-6-11/h2-3,7-8,10-11,21H,4-6,9H2,1H3/t10-/m1/s1. The molecule has 3 aromatic rings. The van der Waals surface area contributed by atoms with E-state index < -0.39 is 6.10 Å². The van der Waals surface area contributed by atoms with Crippen LogP contribution in [-0.2, 0) is 6.54 Å². The number of aliphatic hydroxyl groups is 1. The predicted molar refractivity (Wildman–Crippen MR) is 80.4 cm³/mol. The van der Waals surface area contributed by atoms with Crippen molar-refractivity contribution < 1.29 is 9.52 Å². The van der Waals surface area contributed by atoms with E-state index in [1.54, 1.807) is 6.92 Å². The van der Waals surface area contributed by atoms with E-state index in [1.807, 2.05) is 28.8 Å². The van der Waals surface area contributed by atoms with E-state index in [-0.39, 0.29) is 0 Å². The lowest BCUT2D eigenvalue weighted by Crippen LogP contribution is -2.09. The van der Waals surface area contributed by atoms with Crippen LogP contribution in [0.25, 0.3) is 11.0 Å². The van der Waals surface area contributed by atoms with Gasteiger partial charge in [0, 0.05) is 5.92 Å². The van der Waals surface area contributed by atoms with Crippen molar-refractivity contribution in [2.24, 2.45) is 0 Å². The molecule has 1 fully saturated rings. The van der Waals surface area contributed by atoms with Gasteiger partial charge in [-0.2, -0.15) is 0 Å². The number of para-hydroxylation sites is 2. The van der Waals surface area contributed by atoms with Crippen LogP contribution >= 0.6 is 0 Å². The summed E-state index contributed by atoms with van der Waals surface area (Å²) in [6, 6.07) is 7.82. The average Bonchev–Trinajstić information content (AvgIpc) is 3.03. The molecule has 0 aliphatic heterocycles. The average molecular weight is 298 g/mol. The number of aromatic nitrogens is 4. The van der Waals surface area contributed by atoms with E-state index in [0.717, 1.165) is 29.8 Å². The minimum Gasteiger partial charge on any atom is -0.423 e. The van der Waals surface area contributed by atoms with Crippen LogP contribution in [0.4, 0.5) is 0 Å². The zero-order chi connectivity index (χ0) is 15.1. The fourth-order valence-electron chi connectivity index (χ4n) is 2.87. The van der Waals surface area contributed by atoms with Gasteiger partial charge in [-0.25, -0.2) is 4.98 Å². The summed E-state index contributed by atoms with van der Waals surface area (Å²) in [5.41, 5.74) is 1.82. The van der Waals surface area contributed by atoms with Gasteiger partial charge in [-0.1, -0.05) is 18.6 Å². The first-order chi connectivity index (χ1) is 10.7. The summed E-state index contributed by atoms with van der Waals surface area (Å²) in [5.74, 6) is 2.35. The quantitative estimate of drug-likeness (QED) is 0.801. The molecular formula is C16H18N4O2. The monoisotopic (exact) mass is 298 g/mol. The molecule has 6 heteroatoms. The van der Waals surface area contributed by atoms with Gasteiger partial charge in [0.1, 0.15) is 18.5 Å². The van der Waals surface area contributed by atoms with Crippen molar-refractivity contribution in [1.29, 1.82) is 0 Å². The smallest absolute Gasteiger partial charge is 0.236 e. The first kappa shape index (κ1) is 13.5. The number of benzene rings is 1. The summed E-state index contributed by atoms with van der Waals surface area (Å²) in [4.78, 5) is 4.50. The third-order valence-electron chi connectivity index (χ3n) is 4.29. The molecule has 1 atom stereocenters. The van der Waals surface area contributed by atoms with Crippen molar-refractivity contribution in [3.63, 3.8) is 0 Å². The molecular weight excluding hydrogens is 280 g/mol. The summed E-state index contributed by atoms with van der Waals surface area (Å²) in [6.45, 7) is 2.14. The highest BCUT2D eigenvalue weighted by molar-refractivity contribution is 5.76. The Morgan fingerprint density at radius 2 is 2.14 bits per heavy atom. The van der Waals surface area contributed by atoms with E-state index in [1.165, 1.54) is 6.42 Å². The van der Waals surface area contributed by atoms with Gasteiger partial charge in [-0.3, -0.25) is 0 Å². The van der Waals surface area contributed by atoms with Crippen molar-refractivity contribution in [3.8, 4) is 0 Å². The predicted octanol–water partition coefficient (Wildman–Crippen LogP) is 2.79. The molecule has 0 saturated heterocycles. The van der Waals surface area contributed by atoms with Gasteiger partial charge < -0.3 is 14.1 Å². The van der Waals surface area contributed by atoms with Gasteiger partial charge in [-0.15, -0.1) is 10.2 Å². The van der Waals surface area contributed by atoms with Gasteiger partial charge >= 0.3 is 0 Å². The van der Waals surface area contributed by atoms with Crippen molar-refractivity contribution in [3.05, 3.63) is 41.9 Å². The van der Waals surface area contributed by atoms with E-state index in [9.17, 15) is 5.11 Å². The number of hydrogen-bond donors (Lipinski definition) is 1. The van der Waals surface area contributed by atoms with Crippen molar-refractivity contribution in [2.45, 2.75) is 44.8 Å². The van der Waals surface area contributed by atoms with Crippen LogP contribution in [0.3, 0.4) is 0 Å². The number of imidazole rings is 1. The van der Waals surface area contributed by atoms with Crippen LogP contribution in [0.1, 0.15) is 55.8 Å². The van der Waals surface area contributed by atoms with Gasteiger partial charge in [-0.05, 0) is 31.9 Å². The van der Waals surface area contributed by atoms with E-state index >= 15 is 0 Å². The Kier molecular flexibility index (Phi) is 3.18. The maximum absolute atomic E-state index is 9.97. The molecule has 1 aliphatic carbocycles. The minimum atomic E-state index is -0.651. The maximum Gasteiger partial charge on any atom is 0.236 e. The normalized spacial score (nSPS) is 16.8. The number of aliphatic hydroxyl groups excluding tert-OH is 1. The fraction of sp³-hybridized carbons (Fsp3) is 0.438. The van der Waals surface area contributed by atoms with Crippen molar-refractivity contribution in [1.82, 2.24) is 19.7 Å². The van der Waals surface area contributed by atoms with Crippen molar-refractivity contribution in [2.75, 3.05) is 0 Å². The topological polar surface area (TPSA) is 77.0 Å². The third-order valence-corrected chi connectivity index (χ3v) is 4.29. The highest BCUT2D eigenvalue weighted by Crippen LogP contribution is 2.35. The van der Waals surface area contributed by atoms with Gasteiger partial charge in [0.05, 0.1) is 11.0 Å². The van der Waals surface area contributed by atoms with Crippen LogP contribution in [0.15, 0.2) is 28.7 Å². The Bertz CT molecular complexity index is 801. The number of fused-ring (bicyclic) bond motifs is 1. The number of hydrogen-bond acceptors (Lipinski definition) is 5. The summed E-state index contributed by atoms with van der Waals surface area (Å²) in [5, 5.41) is 18.3. The largest absolute Gasteiger partial charge is 0.423 e. The lowest BCUT2D eigenvalue weighted by Gasteiger charge is -2.20. The van der Waals surface area contributed by atoms with E-state index in [0.29, 0.717) is 24.2 Å². The summed E-state index contributed by atoms with van der Waals surface area (Å²) < 4.78 is 7.73. The lowest BCUT2D eigenvalue weighted by molar-refractivity contribution is 0.184. The van der Waals surface area contributed by atoms with Crippen LogP contribution in [0.2, 0.25) is 0 Å². The van der Waals surface area contributed by atoms with E-state index in [2.05, 4.69) is 15.2 Å². The first-order valence-corrected chi connectivity index (χ1v) is 7.68. The molecule has 4 rings (SSSR count). The van der Waals surface area contributed by atoms with Gasteiger partial charge in [0.2, 0.25) is 11.8 Å². The molecule has 1 saturated carbocycles. The second-order valence-electron chi connectivity index (χ2n) is 5.88. The first-order valence-electron chi connectivity index (χ1n) is 7.68. The highest BCUT2D eigenvalue weighted by atomic mass is 16.4. The number of rotatable bonds is 4. The molecule has 0 bridgehead atoms. The molecule has 1 N–H and O–H groups in total. The molecule has 1 aliphatic rings. The van der Waals surface area contributed by atoms with Crippen molar-refractivity contribution >= 4 is 11.0 Å². The summed E-state index contributed by atoms with van der Waals surface area (Å²) in [6.07, 6.45) is 2.85. The second kappa shape index (κ2) is 5.21. The highest BCUT2D eigenvalue weighted by Gasteiger charge is 2.25. The van der Waals surface area contributed by atoms with Crippen LogP contribution in [-0.4, -0.2) is 24.9 Å². The minimum absolute atomic E-state index is 0.428. The molecule has 2 heterocycles. The number of nitrogens with zero attached hydrogens (tertiary/aromatic N) is 4. The molecule has 2 aromatic heterocycles. The summed E-state index contributed by atoms with van der Waals surface area (Å²) >= 11 is 0. The summed E-state index contributed by atoms with van der Waals surface area (Å²) in [7, 11) is 0. The van der Waals surface area contributed by atoms with E-state index in [4.69, 9.17) is 4.42 Å². The maximum atomic E-state index is 9.97. The van der Waals surface area contributed by atoms with Crippen LogP contribution in [0.5, 0.6) is 0 Å². The Morgan fingerprint density at radius 1 is 1.32 bits per heavy atom. The van der Waals surface area contributed by atoms with Crippen LogP contribution in [0, 0.1) is 0 Å². The lowest BCUT2D eigenvalue weighted by atomic mass is 9.85. The molecule has 0 radical (unpaired) electrons. The Labute approximate surface area is 127 Å². The Hall–Kier alpha value is -2.21. The van der Waals surface area contributed by atoms with Gasteiger partial charge in [0.25, 0.3) is 0 Å². The molecule has 0 amide bonds. The van der Waals surface area contributed by atoms with Crippen LogP contribution < -0.4 is 0 Å². The Morgan fingerprint density at radius 3 is 2.86 bits per heavy atom. The third kappa shape index (κ3) is 2.20. The Balaban J connectivity index is 1.70. The molecule has 22 heavy (non-hydrogen) atoms. The van der Waals surface area contributed by atoms with Gasteiger partial charge in [0.15, 0.2) is 0 Å². The molecule has 0 spiro atoms. The zero-order valence-corrected chi connectivity index (χ0v) is 12.4. The zero-order valence-electron chi connectivity index (χ0n) is 12.4. The molecule has 6 nitrogen and oxygen atoms in total. The fourth-order valence-corrected chi connectivity index (χ4v) is 2.87.